The lowest BCUT2D eigenvalue weighted by Gasteiger charge is -2.24. The number of benzene rings is 2. The number of carbonyl (C=O) groups excluding carboxylic acids is 1. The molecule has 0 saturated heterocycles. The van der Waals surface area contributed by atoms with Gasteiger partial charge in [-0.25, -0.2) is 4.99 Å². The number of halogens is 1. The second kappa shape index (κ2) is 10.7. The largest absolute Gasteiger partial charge is 0.424 e. The Bertz CT molecular complexity index is 1180. The fraction of sp³-hybridized carbons (Fsp3) is 0.250. The number of fused-ring (bicyclic) bond motifs is 1. The Kier molecular flexibility index (Phi) is 7.78. The molecule has 1 atom stereocenters. The van der Waals surface area contributed by atoms with E-state index in [4.69, 9.17) is 22.1 Å². The molecule has 32 heavy (non-hydrogen) atoms. The van der Waals surface area contributed by atoms with Gasteiger partial charge in [-0.2, -0.15) is 0 Å². The van der Waals surface area contributed by atoms with Gasteiger partial charge in [-0.05, 0) is 24.1 Å². The molecule has 1 heterocycles. The number of nitrogens with zero attached hydrogens (tertiary/aromatic N) is 3. The lowest BCUT2D eigenvalue weighted by atomic mass is 9.95. The standard InChI is InChI=1S/C24H26ClN5O2/c1-4-13-29-24(27-3)30-22(16-9-6-10-18(26)20(16)25)17-12-11-15-8-7-14-28-21(15)23(17)32-19(31)5-2/h6-14,22H,4-5,26H2,1-3H3,(H,27,30)/b29-13-. The van der Waals surface area contributed by atoms with Crippen LogP contribution in [0.5, 0.6) is 5.75 Å². The molecule has 0 aliphatic carbocycles. The van der Waals surface area contributed by atoms with Crippen molar-refractivity contribution in [1.29, 1.82) is 0 Å². The first-order valence-corrected chi connectivity index (χ1v) is 10.8. The lowest BCUT2D eigenvalue weighted by Crippen LogP contribution is -2.29. The molecule has 3 N–H and O–H groups in total. The Morgan fingerprint density at radius 1 is 1.22 bits per heavy atom. The topological polar surface area (TPSA) is 102 Å². The van der Waals surface area contributed by atoms with Gasteiger partial charge in [0.15, 0.2) is 5.75 Å². The average molecular weight is 452 g/mol. The summed E-state index contributed by atoms with van der Waals surface area (Å²) in [5.74, 6) is 0.403. The summed E-state index contributed by atoms with van der Waals surface area (Å²) in [5, 5.41) is 4.57. The Balaban J connectivity index is 2.26. The summed E-state index contributed by atoms with van der Waals surface area (Å²) in [6, 6.07) is 12.4. The normalized spacial score (nSPS) is 12.8. The van der Waals surface area contributed by atoms with E-state index < -0.39 is 6.04 Å². The predicted molar refractivity (Wildman–Crippen MR) is 131 cm³/mol. The van der Waals surface area contributed by atoms with E-state index in [0.717, 1.165) is 11.8 Å². The van der Waals surface area contributed by atoms with Gasteiger partial charge in [-0.1, -0.05) is 55.8 Å². The van der Waals surface area contributed by atoms with Crippen molar-refractivity contribution in [1.82, 2.24) is 10.3 Å². The van der Waals surface area contributed by atoms with Crippen LogP contribution in [0.1, 0.15) is 43.9 Å². The summed E-state index contributed by atoms with van der Waals surface area (Å²) in [6.45, 7) is 3.73. The van der Waals surface area contributed by atoms with Gasteiger partial charge >= 0.3 is 5.97 Å². The molecule has 0 radical (unpaired) electrons. The number of rotatable bonds is 6. The van der Waals surface area contributed by atoms with Crippen LogP contribution in [0.3, 0.4) is 0 Å². The van der Waals surface area contributed by atoms with Crippen LogP contribution >= 0.6 is 11.6 Å². The first-order valence-electron chi connectivity index (χ1n) is 10.4. The highest BCUT2D eigenvalue weighted by molar-refractivity contribution is 6.34. The number of hydrogen-bond donors (Lipinski definition) is 2. The van der Waals surface area contributed by atoms with Crippen LogP contribution in [-0.2, 0) is 4.79 Å². The Morgan fingerprint density at radius 3 is 2.75 bits per heavy atom. The first kappa shape index (κ1) is 23.2. The Hall–Kier alpha value is -3.45. The number of esters is 1. The fourth-order valence-electron chi connectivity index (χ4n) is 3.24. The maximum atomic E-state index is 12.3. The average Bonchev–Trinajstić information content (AvgIpc) is 2.82. The highest BCUT2D eigenvalue weighted by atomic mass is 35.5. The summed E-state index contributed by atoms with van der Waals surface area (Å²) in [6.07, 6.45) is 4.40. The zero-order valence-corrected chi connectivity index (χ0v) is 19.1. The van der Waals surface area contributed by atoms with Crippen molar-refractivity contribution < 1.29 is 9.53 Å². The number of nitrogens with one attached hydrogen (secondary N) is 1. The van der Waals surface area contributed by atoms with Crippen LogP contribution in [0.25, 0.3) is 10.9 Å². The number of aliphatic imine (C=N–C) groups is 2. The van der Waals surface area contributed by atoms with Gasteiger partial charge in [0, 0.05) is 36.8 Å². The molecule has 0 spiro atoms. The summed E-state index contributed by atoms with van der Waals surface area (Å²) in [7, 11) is 1.65. The van der Waals surface area contributed by atoms with Crippen molar-refractivity contribution >= 4 is 46.3 Å². The minimum Gasteiger partial charge on any atom is -0.424 e. The van der Waals surface area contributed by atoms with E-state index in [9.17, 15) is 4.79 Å². The monoisotopic (exact) mass is 451 g/mol. The zero-order chi connectivity index (χ0) is 23.1. The van der Waals surface area contributed by atoms with Gasteiger partial charge < -0.3 is 15.8 Å². The van der Waals surface area contributed by atoms with E-state index >= 15 is 0 Å². The van der Waals surface area contributed by atoms with E-state index in [-0.39, 0.29) is 12.4 Å². The molecule has 1 unspecified atom stereocenters. The second-order valence-electron chi connectivity index (χ2n) is 6.98. The number of anilines is 1. The molecule has 3 rings (SSSR count). The summed E-state index contributed by atoms with van der Waals surface area (Å²) in [5.41, 5.74) is 8.47. The third kappa shape index (κ3) is 5.06. The smallest absolute Gasteiger partial charge is 0.310 e. The molecule has 0 saturated carbocycles. The van der Waals surface area contributed by atoms with Crippen molar-refractivity contribution in [3.05, 3.63) is 64.8 Å². The number of carbonyl (C=O) groups is 1. The molecule has 3 aromatic rings. The quantitative estimate of drug-likeness (QED) is 0.182. The molecule has 1 aromatic heterocycles. The van der Waals surface area contributed by atoms with Crippen molar-refractivity contribution in [2.75, 3.05) is 12.8 Å². The maximum Gasteiger partial charge on any atom is 0.310 e. The summed E-state index contributed by atoms with van der Waals surface area (Å²) >= 11 is 6.61. The third-order valence-corrected chi connectivity index (χ3v) is 5.26. The van der Waals surface area contributed by atoms with Crippen LogP contribution in [0.2, 0.25) is 5.02 Å². The van der Waals surface area contributed by atoms with E-state index in [2.05, 4.69) is 20.3 Å². The predicted octanol–water partition coefficient (Wildman–Crippen LogP) is 4.93. The number of aromatic nitrogens is 1. The van der Waals surface area contributed by atoms with Gasteiger partial charge in [-0.15, -0.1) is 0 Å². The van der Waals surface area contributed by atoms with Gasteiger partial charge in [-0.3, -0.25) is 14.8 Å². The van der Waals surface area contributed by atoms with Gasteiger partial charge in [0.2, 0.25) is 5.96 Å². The molecule has 7 nitrogen and oxygen atoms in total. The van der Waals surface area contributed by atoms with Crippen LogP contribution in [0.4, 0.5) is 5.69 Å². The summed E-state index contributed by atoms with van der Waals surface area (Å²) in [4.78, 5) is 25.4. The molecule has 0 aliphatic rings. The third-order valence-electron chi connectivity index (χ3n) is 4.83. The minimum atomic E-state index is -0.551. The Morgan fingerprint density at radius 2 is 2.03 bits per heavy atom. The number of nitrogens with two attached hydrogens (primary N) is 1. The minimum absolute atomic E-state index is 0.224. The van der Waals surface area contributed by atoms with Gasteiger partial charge in [0.1, 0.15) is 5.52 Å². The molecule has 2 aromatic carbocycles. The summed E-state index contributed by atoms with van der Waals surface area (Å²) < 4.78 is 5.78. The number of hydrogen-bond acceptors (Lipinski definition) is 5. The molecular weight excluding hydrogens is 426 g/mol. The van der Waals surface area contributed by atoms with Crippen molar-refractivity contribution in [3.63, 3.8) is 0 Å². The van der Waals surface area contributed by atoms with Crippen LogP contribution in [0, 0.1) is 0 Å². The fourth-order valence-corrected chi connectivity index (χ4v) is 3.47. The van der Waals surface area contributed by atoms with Gasteiger partial charge in [0.25, 0.3) is 0 Å². The van der Waals surface area contributed by atoms with Crippen molar-refractivity contribution in [2.45, 2.75) is 32.7 Å². The molecular formula is C24H26ClN5O2. The molecule has 0 fully saturated rings. The van der Waals surface area contributed by atoms with Crippen LogP contribution in [0.15, 0.2) is 58.6 Å². The first-order chi connectivity index (χ1) is 15.5. The number of nitrogen functional groups attached to an aromatic ring is 1. The molecule has 0 aliphatic heterocycles. The number of guanidine groups is 1. The van der Waals surface area contributed by atoms with E-state index in [1.165, 1.54) is 0 Å². The molecule has 8 heteroatoms. The highest BCUT2D eigenvalue weighted by Gasteiger charge is 2.26. The van der Waals surface area contributed by atoms with E-state index in [1.807, 2.05) is 43.3 Å². The van der Waals surface area contributed by atoms with Crippen molar-refractivity contribution in [2.24, 2.45) is 9.98 Å². The maximum absolute atomic E-state index is 12.3. The van der Waals surface area contributed by atoms with E-state index in [1.54, 1.807) is 32.4 Å². The lowest BCUT2D eigenvalue weighted by molar-refractivity contribution is -0.133. The van der Waals surface area contributed by atoms with E-state index in [0.29, 0.717) is 39.1 Å². The van der Waals surface area contributed by atoms with Gasteiger partial charge in [0.05, 0.1) is 16.8 Å². The molecule has 166 valence electrons. The zero-order valence-electron chi connectivity index (χ0n) is 18.3. The highest BCUT2D eigenvalue weighted by Crippen LogP contribution is 2.39. The Labute approximate surface area is 192 Å². The van der Waals surface area contributed by atoms with Crippen LogP contribution in [-0.4, -0.2) is 30.2 Å². The van der Waals surface area contributed by atoms with Crippen molar-refractivity contribution in [3.8, 4) is 5.75 Å². The molecule has 0 amide bonds. The molecule has 0 bridgehead atoms. The number of pyridine rings is 1. The second-order valence-corrected chi connectivity index (χ2v) is 7.36. The van der Waals surface area contributed by atoms with Crippen LogP contribution < -0.4 is 15.8 Å². The SMILES string of the molecule is CC/C=N\C(=NC)NC(c1cccc(N)c1Cl)c1ccc2cccnc2c1OC(=O)CC. The number of ether oxygens (including phenoxy) is 1.